The first kappa shape index (κ1) is 12.3. The lowest BCUT2D eigenvalue weighted by Gasteiger charge is -2.30. The number of hydrogen-bond acceptors (Lipinski definition) is 7. The number of rotatable bonds is 4. The summed E-state index contributed by atoms with van der Waals surface area (Å²) in [5, 5.41) is 37.4. The molecule has 0 spiro atoms. The van der Waals surface area contributed by atoms with Crippen LogP contribution >= 0.6 is 0 Å². The van der Waals surface area contributed by atoms with Gasteiger partial charge in [0.2, 0.25) is 5.79 Å². The van der Waals surface area contributed by atoms with Crippen molar-refractivity contribution in [2.75, 3.05) is 6.61 Å². The molecule has 7 heteroatoms. The van der Waals surface area contributed by atoms with Gasteiger partial charge in [-0.25, -0.2) is 0 Å². The molecular weight excluding hydrogens is 208 g/mol. The molecule has 1 aliphatic heterocycles. The Labute approximate surface area is 85.9 Å². The predicted octanol–water partition coefficient (Wildman–Crippen LogP) is -2.65. The van der Waals surface area contributed by atoms with E-state index in [0.717, 1.165) is 0 Å². The van der Waals surface area contributed by atoms with Gasteiger partial charge < -0.3 is 29.9 Å². The molecule has 2 unspecified atom stereocenters. The standard InChI is InChI=1S/C8H14O7/c1-4(14-3-10)8(13)7(12)6(11)5(2-9)15-8/h3-7,9,11-13H,2H2,1H3/t4?,5-,6-,7-,8?/m1/s1. The maximum Gasteiger partial charge on any atom is 0.293 e. The number of aliphatic hydroxyl groups excluding tert-OH is 3. The Kier molecular flexibility index (Phi) is 3.63. The van der Waals surface area contributed by atoms with E-state index in [1.807, 2.05) is 0 Å². The quantitative estimate of drug-likeness (QED) is 0.384. The molecule has 0 amide bonds. The molecule has 1 aliphatic rings. The van der Waals surface area contributed by atoms with Crippen molar-refractivity contribution >= 4 is 6.47 Å². The zero-order chi connectivity index (χ0) is 11.6. The maximum atomic E-state index is 10.1. The van der Waals surface area contributed by atoms with Gasteiger partial charge in [-0.1, -0.05) is 0 Å². The second-order valence-corrected chi connectivity index (χ2v) is 3.40. The average molecular weight is 222 g/mol. The van der Waals surface area contributed by atoms with E-state index >= 15 is 0 Å². The molecular formula is C8H14O7. The molecule has 0 aromatic carbocycles. The maximum absolute atomic E-state index is 10.1. The van der Waals surface area contributed by atoms with Crippen LogP contribution in [0.5, 0.6) is 0 Å². The molecule has 88 valence electrons. The number of hydrogen-bond donors (Lipinski definition) is 4. The van der Waals surface area contributed by atoms with Crippen LogP contribution in [0.25, 0.3) is 0 Å². The number of carbonyl (C=O) groups excluding carboxylic acids is 1. The van der Waals surface area contributed by atoms with Gasteiger partial charge >= 0.3 is 0 Å². The highest BCUT2D eigenvalue weighted by molar-refractivity contribution is 5.37. The van der Waals surface area contributed by atoms with Crippen LogP contribution in [0.1, 0.15) is 6.92 Å². The average Bonchev–Trinajstić information content (AvgIpc) is 2.44. The first-order valence-electron chi connectivity index (χ1n) is 4.43. The molecule has 4 N–H and O–H groups in total. The topological polar surface area (TPSA) is 116 Å². The number of carbonyl (C=O) groups is 1. The van der Waals surface area contributed by atoms with E-state index in [2.05, 4.69) is 4.74 Å². The fourth-order valence-corrected chi connectivity index (χ4v) is 1.49. The van der Waals surface area contributed by atoms with Crippen LogP contribution in [0.3, 0.4) is 0 Å². The molecule has 0 radical (unpaired) electrons. The lowest BCUT2D eigenvalue weighted by Crippen LogP contribution is -2.52. The van der Waals surface area contributed by atoms with E-state index in [9.17, 15) is 20.1 Å². The Morgan fingerprint density at radius 2 is 2.20 bits per heavy atom. The predicted molar refractivity (Wildman–Crippen MR) is 45.5 cm³/mol. The third-order valence-electron chi connectivity index (χ3n) is 2.49. The Bertz CT molecular complexity index is 233. The lowest BCUT2D eigenvalue weighted by atomic mass is 10.0. The van der Waals surface area contributed by atoms with Gasteiger partial charge in [-0.05, 0) is 6.92 Å². The summed E-state index contributed by atoms with van der Waals surface area (Å²) in [6.07, 6.45) is -5.35. The van der Waals surface area contributed by atoms with Crippen molar-refractivity contribution < 1.29 is 34.7 Å². The highest BCUT2D eigenvalue weighted by Gasteiger charge is 2.57. The largest absolute Gasteiger partial charge is 0.459 e. The van der Waals surface area contributed by atoms with Crippen molar-refractivity contribution in [3.05, 3.63) is 0 Å². The molecule has 0 aromatic rings. The Hall–Kier alpha value is -0.730. The second kappa shape index (κ2) is 4.42. The molecule has 0 saturated carbocycles. The number of aliphatic hydroxyl groups is 4. The zero-order valence-corrected chi connectivity index (χ0v) is 8.11. The van der Waals surface area contributed by atoms with Crippen molar-refractivity contribution in [1.82, 2.24) is 0 Å². The van der Waals surface area contributed by atoms with Crippen LogP contribution in [0.15, 0.2) is 0 Å². The molecule has 15 heavy (non-hydrogen) atoms. The Morgan fingerprint density at radius 3 is 2.60 bits per heavy atom. The van der Waals surface area contributed by atoms with E-state index < -0.39 is 36.8 Å². The molecule has 1 heterocycles. The van der Waals surface area contributed by atoms with Crippen LogP contribution in [-0.2, 0) is 14.3 Å². The summed E-state index contributed by atoms with van der Waals surface area (Å²) in [6, 6.07) is 0. The van der Waals surface area contributed by atoms with Gasteiger partial charge in [-0.15, -0.1) is 0 Å². The molecule has 7 nitrogen and oxygen atoms in total. The fraction of sp³-hybridized carbons (Fsp3) is 0.875. The molecule has 0 bridgehead atoms. The van der Waals surface area contributed by atoms with Gasteiger partial charge in [0.15, 0.2) is 6.10 Å². The summed E-state index contributed by atoms with van der Waals surface area (Å²) in [4.78, 5) is 10.1. The Balaban J connectivity index is 2.80. The van der Waals surface area contributed by atoms with Crippen molar-refractivity contribution in [2.45, 2.75) is 37.1 Å². The summed E-state index contributed by atoms with van der Waals surface area (Å²) >= 11 is 0. The fourth-order valence-electron chi connectivity index (χ4n) is 1.49. The summed E-state index contributed by atoms with van der Waals surface area (Å²) < 4.78 is 9.29. The zero-order valence-electron chi connectivity index (χ0n) is 8.11. The molecule has 1 rings (SSSR count). The second-order valence-electron chi connectivity index (χ2n) is 3.40. The highest BCUT2D eigenvalue weighted by Crippen LogP contribution is 2.32. The smallest absolute Gasteiger partial charge is 0.293 e. The molecule has 0 aliphatic carbocycles. The normalized spacial score (nSPS) is 42.6. The first-order chi connectivity index (χ1) is 6.97. The Morgan fingerprint density at radius 1 is 1.60 bits per heavy atom. The van der Waals surface area contributed by atoms with Crippen LogP contribution in [0, 0.1) is 0 Å². The summed E-state index contributed by atoms with van der Waals surface area (Å²) in [6.45, 7) is 0.829. The molecule has 5 atom stereocenters. The molecule has 0 aromatic heterocycles. The third-order valence-corrected chi connectivity index (χ3v) is 2.49. The lowest BCUT2D eigenvalue weighted by molar-refractivity contribution is -0.275. The van der Waals surface area contributed by atoms with Crippen LogP contribution < -0.4 is 0 Å². The molecule has 1 fully saturated rings. The number of ether oxygens (including phenoxy) is 2. The minimum Gasteiger partial charge on any atom is -0.459 e. The van der Waals surface area contributed by atoms with Crippen LogP contribution in [0.2, 0.25) is 0 Å². The van der Waals surface area contributed by atoms with Crippen molar-refractivity contribution in [3.8, 4) is 0 Å². The highest BCUT2D eigenvalue weighted by atomic mass is 16.7. The van der Waals surface area contributed by atoms with Crippen LogP contribution in [0.4, 0.5) is 0 Å². The first-order valence-corrected chi connectivity index (χ1v) is 4.43. The summed E-state index contributed by atoms with van der Waals surface area (Å²) in [7, 11) is 0. The van der Waals surface area contributed by atoms with E-state index in [0.29, 0.717) is 0 Å². The van der Waals surface area contributed by atoms with Crippen molar-refractivity contribution in [1.29, 1.82) is 0 Å². The van der Waals surface area contributed by atoms with Gasteiger partial charge in [0.25, 0.3) is 6.47 Å². The molecule has 1 saturated heterocycles. The SMILES string of the molecule is CC(OC=O)C1(O)O[C@H](CO)[C@@H](O)[C@H]1O. The van der Waals surface area contributed by atoms with Crippen molar-refractivity contribution in [2.24, 2.45) is 0 Å². The minimum atomic E-state index is -2.20. The third kappa shape index (κ3) is 1.97. The van der Waals surface area contributed by atoms with Gasteiger partial charge in [-0.3, -0.25) is 4.79 Å². The van der Waals surface area contributed by atoms with Gasteiger partial charge in [-0.2, -0.15) is 0 Å². The van der Waals surface area contributed by atoms with E-state index in [1.165, 1.54) is 6.92 Å². The van der Waals surface area contributed by atoms with Gasteiger partial charge in [0.1, 0.15) is 18.3 Å². The van der Waals surface area contributed by atoms with E-state index in [4.69, 9.17) is 9.84 Å². The monoisotopic (exact) mass is 222 g/mol. The van der Waals surface area contributed by atoms with Gasteiger partial charge in [0.05, 0.1) is 6.61 Å². The van der Waals surface area contributed by atoms with Gasteiger partial charge in [0, 0.05) is 0 Å². The van der Waals surface area contributed by atoms with Crippen LogP contribution in [-0.4, -0.2) is 63.7 Å². The summed E-state index contributed by atoms with van der Waals surface area (Å²) in [5.74, 6) is -2.20. The summed E-state index contributed by atoms with van der Waals surface area (Å²) in [5.41, 5.74) is 0. The van der Waals surface area contributed by atoms with Crippen molar-refractivity contribution in [3.63, 3.8) is 0 Å². The van der Waals surface area contributed by atoms with E-state index in [1.54, 1.807) is 0 Å². The minimum absolute atomic E-state index is 0.0946. The van der Waals surface area contributed by atoms with E-state index in [-0.39, 0.29) is 6.47 Å².